The van der Waals surface area contributed by atoms with Gasteiger partial charge in [0.25, 0.3) is 5.91 Å². The van der Waals surface area contributed by atoms with Crippen LogP contribution in [0.1, 0.15) is 29.7 Å². The van der Waals surface area contributed by atoms with E-state index in [1.807, 2.05) is 4.90 Å². The zero-order valence-electron chi connectivity index (χ0n) is 15.9. The maximum Gasteiger partial charge on any atom is 0.272 e. The maximum atomic E-state index is 12.8. The van der Waals surface area contributed by atoms with Gasteiger partial charge in [-0.05, 0) is 13.3 Å². The first kappa shape index (κ1) is 19.5. The van der Waals surface area contributed by atoms with E-state index in [-0.39, 0.29) is 29.4 Å². The van der Waals surface area contributed by atoms with Crippen molar-refractivity contribution in [3.63, 3.8) is 0 Å². The van der Waals surface area contributed by atoms with Gasteiger partial charge in [-0.1, -0.05) is 0 Å². The number of carbonyl (C=O) groups excluding carboxylic acids is 2. The first-order valence-corrected chi connectivity index (χ1v) is 10.8. The van der Waals surface area contributed by atoms with E-state index in [2.05, 4.69) is 9.97 Å². The molecule has 0 radical (unpaired) electrons. The fourth-order valence-electron chi connectivity index (χ4n) is 3.50. The third kappa shape index (κ3) is 4.37. The number of rotatable bonds is 3. The van der Waals surface area contributed by atoms with Crippen molar-refractivity contribution in [1.29, 1.82) is 0 Å². The summed E-state index contributed by atoms with van der Waals surface area (Å²) in [5.74, 6) is 1.11. The van der Waals surface area contributed by atoms with Gasteiger partial charge in [0.05, 0.1) is 11.5 Å². The van der Waals surface area contributed by atoms with E-state index in [0.29, 0.717) is 49.9 Å². The average molecular weight is 395 g/mol. The van der Waals surface area contributed by atoms with Crippen LogP contribution >= 0.6 is 0 Å². The summed E-state index contributed by atoms with van der Waals surface area (Å²) in [4.78, 5) is 38.2. The number of sulfone groups is 1. The van der Waals surface area contributed by atoms with Crippen molar-refractivity contribution >= 4 is 27.5 Å². The minimum absolute atomic E-state index is 0.00964. The highest BCUT2D eigenvalue weighted by Gasteiger charge is 2.32. The van der Waals surface area contributed by atoms with E-state index in [4.69, 9.17) is 0 Å². The molecular formula is C17H25N5O4S. The average Bonchev–Trinajstić information content (AvgIpc) is 2.99. The molecule has 0 bridgehead atoms. The van der Waals surface area contributed by atoms with Crippen LogP contribution in [0.2, 0.25) is 0 Å². The lowest BCUT2D eigenvalue weighted by Crippen LogP contribution is -2.50. The van der Waals surface area contributed by atoms with Crippen LogP contribution in [-0.4, -0.2) is 90.8 Å². The molecule has 1 atom stereocenters. The lowest BCUT2D eigenvalue weighted by atomic mass is 10.2. The molecule has 2 fully saturated rings. The van der Waals surface area contributed by atoms with Gasteiger partial charge in [0.2, 0.25) is 5.91 Å². The van der Waals surface area contributed by atoms with Crippen molar-refractivity contribution in [2.45, 2.75) is 26.3 Å². The Morgan fingerprint density at radius 2 is 1.78 bits per heavy atom. The zero-order valence-corrected chi connectivity index (χ0v) is 16.7. The Bertz CT molecular complexity index is 849. The lowest BCUT2D eigenvalue weighted by molar-refractivity contribution is -0.130. The molecule has 0 saturated carbocycles. The molecule has 10 heteroatoms. The van der Waals surface area contributed by atoms with Gasteiger partial charge in [0, 0.05) is 52.3 Å². The van der Waals surface area contributed by atoms with E-state index in [0.717, 1.165) is 0 Å². The Morgan fingerprint density at radius 3 is 2.33 bits per heavy atom. The van der Waals surface area contributed by atoms with Crippen molar-refractivity contribution < 1.29 is 18.0 Å². The summed E-state index contributed by atoms with van der Waals surface area (Å²) in [6.45, 7) is 5.19. The van der Waals surface area contributed by atoms with Crippen molar-refractivity contribution in [2.75, 3.05) is 49.6 Å². The molecule has 2 aliphatic rings. The molecule has 0 aromatic carbocycles. The Labute approximate surface area is 159 Å². The molecule has 1 aromatic heterocycles. The number of hydrogen-bond acceptors (Lipinski definition) is 7. The second kappa shape index (κ2) is 7.41. The van der Waals surface area contributed by atoms with Gasteiger partial charge in [-0.25, -0.2) is 18.4 Å². The topological polar surface area (TPSA) is 104 Å². The predicted octanol–water partition coefficient (Wildman–Crippen LogP) is -0.287. The third-order valence-corrected chi connectivity index (χ3v) is 6.92. The standard InChI is InChI=1S/C17H25N5O4S/c1-12-18-15(17(24)22-7-5-21(6-8-22)13(2)23)10-16(19-12)20(3)14-4-9-27(25,26)11-14/h10,14H,4-9,11H2,1-3H3. The van der Waals surface area contributed by atoms with Gasteiger partial charge in [-0.3, -0.25) is 9.59 Å². The summed E-state index contributed by atoms with van der Waals surface area (Å²) in [5, 5.41) is 0. The molecule has 2 saturated heterocycles. The fourth-order valence-corrected chi connectivity index (χ4v) is 5.27. The minimum Gasteiger partial charge on any atom is -0.356 e. The van der Waals surface area contributed by atoms with Gasteiger partial charge >= 0.3 is 0 Å². The summed E-state index contributed by atoms with van der Waals surface area (Å²) >= 11 is 0. The SMILES string of the molecule is CC(=O)N1CCN(C(=O)c2cc(N(C)C3CCS(=O)(=O)C3)nc(C)n2)CC1. The smallest absolute Gasteiger partial charge is 0.272 e. The van der Waals surface area contributed by atoms with Crippen LogP contribution in [0.3, 0.4) is 0 Å². The lowest BCUT2D eigenvalue weighted by Gasteiger charge is -2.34. The van der Waals surface area contributed by atoms with Crippen molar-refractivity contribution in [3.8, 4) is 0 Å². The summed E-state index contributed by atoms with van der Waals surface area (Å²) in [6, 6.07) is 1.48. The Balaban J connectivity index is 1.75. The first-order valence-electron chi connectivity index (χ1n) is 9.00. The number of aromatic nitrogens is 2. The fraction of sp³-hybridized carbons (Fsp3) is 0.647. The van der Waals surface area contributed by atoms with Crippen molar-refractivity contribution in [2.24, 2.45) is 0 Å². The highest BCUT2D eigenvalue weighted by Crippen LogP contribution is 2.22. The van der Waals surface area contributed by atoms with Gasteiger partial charge in [0.15, 0.2) is 9.84 Å². The van der Waals surface area contributed by atoms with E-state index >= 15 is 0 Å². The molecule has 0 spiro atoms. The summed E-state index contributed by atoms with van der Waals surface area (Å²) < 4.78 is 23.5. The monoisotopic (exact) mass is 395 g/mol. The van der Waals surface area contributed by atoms with E-state index < -0.39 is 9.84 Å². The van der Waals surface area contributed by atoms with E-state index in [1.165, 1.54) is 6.92 Å². The maximum absolute atomic E-state index is 12.8. The quantitative estimate of drug-likeness (QED) is 0.693. The number of hydrogen-bond donors (Lipinski definition) is 0. The molecule has 2 aliphatic heterocycles. The second-order valence-corrected chi connectivity index (χ2v) is 9.35. The number of nitrogens with zero attached hydrogens (tertiary/aromatic N) is 5. The predicted molar refractivity (Wildman–Crippen MR) is 100 cm³/mol. The van der Waals surface area contributed by atoms with Crippen molar-refractivity contribution in [1.82, 2.24) is 19.8 Å². The molecule has 1 aromatic rings. The zero-order chi connectivity index (χ0) is 19.8. The largest absolute Gasteiger partial charge is 0.356 e. The highest BCUT2D eigenvalue weighted by atomic mass is 32.2. The Morgan fingerprint density at radius 1 is 1.15 bits per heavy atom. The summed E-state index contributed by atoms with van der Waals surface area (Å²) in [6.07, 6.45) is 0.554. The number of anilines is 1. The van der Waals surface area contributed by atoms with Crippen LogP contribution in [0, 0.1) is 6.92 Å². The molecule has 0 aliphatic carbocycles. The van der Waals surface area contributed by atoms with E-state index in [1.54, 1.807) is 29.8 Å². The van der Waals surface area contributed by atoms with E-state index in [9.17, 15) is 18.0 Å². The van der Waals surface area contributed by atoms with Crippen LogP contribution in [0.5, 0.6) is 0 Å². The molecule has 27 heavy (non-hydrogen) atoms. The highest BCUT2D eigenvalue weighted by molar-refractivity contribution is 7.91. The second-order valence-electron chi connectivity index (χ2n) is 7.12. The first-order chi connectivity index (χ1) is 12.7. The normalized spacial score (nSPS) is 22.0. The molecule has 0 N–H and O–H groups in total. The summed E-state index contributed by atoms with van der Waals surface area (Å²) in [7, 11) is -1.21. The number of amides is 2. The van der Waals surface area contributed by atoms with Gasteiger partial charge in [0.1, 0.15) is 17.3 Å². The number of piperazine rings is 1. The molecule has 9 nitrogen and oxygen atoms in total. The third-order valence-electron chi connectivity index (χ3n) is 5.17. The molecule has 3 heterocycles. The molecule has 1 unspecified atom stereocenters. The number of carbonyl (C=O) groups is 2. The van der Waals surface area contributed by atoms with Gasteiger partial charge < -0.3 is 14.7 Å². The van der Waals surface area contributed by atoms with Crippen LogP contribution in [-0.2, 0) is 14.6 Å². The summed E-state index contributed by atoms with van der Waals surface area (Å²) in [5.41, 5.74) is 0.293. The molecule has 3 rings (SSSR count). The van der Waals surface area contributed by atoms with Gasteiger partial charge in [-0.2, -0.15) is 0 Å². The Hall–Kier alpha value is -2.23. The van der Waals surface area contributed by atoms with Crippen LogP contribution in [0.25, 0.3) is 0 Å². The van der Waals surface area contributed by atoms with Crippen LogP contribution in [0.15, 0.2) is 6.07 Å². The molecular weight excluding hydrogens is 370 g/mol. The van der Waals surface area contributed by atoms with Gasteiger partial charge in [-0.15, -0.1) is 0 Å². The van der Waals surface area contributed by atoms with Crippen molar-refractivity contribution in [3.05, 3.63) is 17.6 Å². The Kier molecular flexibility index (Phi) is 5.36. The number of aryl methyl sites for hydroxylation is 1. The molecule has 2 amide bonds. The minimum atomic E-state index is -3.01. The molecule has 148 valence electrons. The van der Waals surface area contributed by atoms with Crippen LogP contribution < -0.4 is 4.90 Å². The van der Waals surface area contributed by atoms with Crippen LogP contribution in [0.4, 0.5) is 5.82 Å².